The number of hydrogen-bond acceptors (Lipinski definition) is 3. The molecular weight excluding hydrogens is 244 g/mol. The fourth-order valence-corrected chi connectivity index (χ4v) is 4.10. The largest absolute Gasteiger partial charge is 0.500 e. The van der Waals surface area contributed by atoms with Gasteiger partial charge >= 0.3 is 8.80 Å². The zero-order valence-corrected chi connectivity index (χ0v) is 13.8. The molecule has 0 saturated carbocycles. The molecular formula is C14H32O3Si. The average Bonchev–Trinajstić information content (AvgIpc) is 2.41. The van der Waals surface area contributed by atoms with E-state index in [4.69, 9.17) is 13.3 Å². The van der Waals surface area contributed by atoms with Crippen LogP contribution in [0.4, 0.5) is 0 Å². The second-order valence-corrected chi connectivity index (χ2v) is 7.78. The van der Waals surface area contributed by atoms with E-state index in [0.717, 1.165) is 25.5 Å². The molecule has 0 radical (unpaired) electrons. The first-order valence-electron chi connectivity index (χ1n) is 7.49. The molecule has 0 aromatic heterocycles. The Morgan fingerprint density at radius 1 is 0.722 bits per heavy atom. The van der Waals surface area contributed by atoms with Crippen molar-refractivity contribution in [2.45, 2.75) is 71.3 Å². The van der Waals surface area contributed by atoms with E-state index < -0.39 is 8.80 Å². The molecule has 0 unspecified atom stereocenters. The van der Waals surface area contributed by atoms with Crippen LogP contribution in [0.15, 0.2) is 0 Å². The van der Waals surface area contributed by atoms with E-state index in [-0.39, 0.29) is 0 Å². The summed E-state index contributed by atoms with van der Waals surface area (Å²) in [6.45, 7) is 5.22. The fourth-order valence-electron chi connectivity index (χ4n) is 2.00. The minimum absolute atomic E-state index is 0.779. The van der Waals surface area contributed by atoms with E-state index in [1.165, 1.54) is 38.5 Å². The first-order chi connectivity index (χ1) is 8.74. The molecule has 110 valence electrons. The van der Waals surface area contributed by atoms with Crippen LogP contribution in [0.3, 0.4) is 0 Å². The summed E-state index contributed by atoms with van der Waals surface area (Å²) in [6, 6.07) is 0.952. The predicted molar refractivity (Wildman–Crippen MR) is 78.8 cm³/mol. The Balaban J connectivity index is 3.85. The molecule has 0 aliphatic heterocycles. The van der Waals surface area contributed by atoms with Crippen molar-refractivity contribution in [1.82, 2.24) is 0 Å². The molecule has 0 N–H and O–H groups in total. The standard InChI is InChI=1S/C14H32O3Si/c1-5-7-9-11-13-17-18(15-3,16-4)14-12-10-8-6-2/h5-14H2,1-4H3. The Hall–Kier alpha value is 0.0969. The number of hydrogen-bond donors (Lipinski definition) is 0. The molecule has 4 heteroatoms. The number of unbranched alkanes of at least 4 members (excludes halogenated alkanes) is 6. The highest BCUT2D eigenvalue weighted by Crippen LogP contribution is 2.19. The lowest BCUT2D eigenvalue weighted by Crippen LogP contribution is -2.44. The van der Waals surface area contributed by atoms with Crippen LogP contribution in [-0.2, 0) is 13.3 Å². The molecule has 0 fully saturated rings. The van der Waals surface area contributed by atoms with Gasteiger partial charge in [-0.3, -0.25) is 0 Å². The molecule has 0 heterocycles. The van der Waals surface area contributed by atoms with Crippen molar-refractivity contribution >= 4 is 8.80 Å². The summed E-state index contributed by atoms with van der Waals surface area (Å²) in [7, 11) is 1.09. The third-order valence-corrected chi connectivity index (χ3v) is 6.13. The van der Waals surface area contributed by atoms with Crippen molar-refractivity contribution in [3.8, 4) is 0 Å². The van der Waals surface area contributed by atoms with Crippen molar-refractivity contribution in [1.29, 1.82) is 0 Å². The fraction of sp³-hybridized carbons (Fsp3) is 1.00. The summed E-state index contributed by atoms with van der Waals surface area (Å²) in [6.07, 6.45) is 9.84. The van der Waals surface area contributed by atoms with Gasteiger partial charge in [-0.05, 0) is 12.8 Å². The Bertz CT molecular complexity index is 172. The van der Waals surface area contributed by atoms with Gasteiger partial charge in [-0.2, -0.15) is 0 Å². The van der Waals surface area contributed by atoms with E-state index >= 15 is 0 Å². The van der Waals surface area contributed by atoms with Gasteiger partial charge in [0.25, 0.3) is 0 Å². The quantitative estimate of drug-likeness (QED) is 0.369. The molecule has 0 aromatic carbocycles. The summed E-state index contributed by atoms with van der Waals surface area (Å²) in [5.41, 5.74) is 0. The Morgan fingerprint density at radius 2 is 1.28 bits per heavy atom. The Labute approximate surface area is 115 Å². The Kier molecular flexibility index (Phi) is 12.2. The van der Waals surface area contributed by atoms with Gasteiger partial charge in [-0.15, -0.1) is 0 Å². The van der Waals surface area contributed by atoms with Crippen molar-refractivity contribution in [3.63, 3.8) is 0 Å². The summed E-state index contributed by atoms with van der Waals surface area (Å²) in [5, 5.41) is 0. The van der Waals surface area contributed by atoms with E-state index in [2.05, 4.69) is 13.8 Å². The summed E-state index contributed by atoms with van der Waals surface area (Å²) in [4.78, 5) is 0. The normalized spacial score (nSPS) is 12.0. The smallest absolute Gasteiger partial charge is 0.377 e. The summed E-state index contributed by atoms with van der Waals surface area (Å²) < 4.78 is 17.1. The number of rotatable bonds is 13. The monoisotopic (exact) mass is 276 g/mol. The molecule has 3 nitrogen and oxygen atoms in total. The average molecular weight is 276 g/mol. The van der Waals surface area contributed by atoms with Gasteiger partial charge in [-0.25, -0.2) is 0 Å². The first-order valence-corrected chi connectivity index (χ1v) is 9.42. The maximum Gasteiger partial charge on any atom is 0.500 e. The highest BCUT2D eigenvalue weighted by Gasteiger charge is 2.37. The summed E-state index contributed by atoms with van der Waals surface area (Å²) >= 11 is 0. The van der Waals surface area contributed by atoms with Gasteiger partial charge in [0.05, 0.1) is 0 Å². The SMILES string of the molecule is CCCCCCO[Si](CCCCCC)(OC)OC. The van der Waals surface area contributed by atoms with Gasteiger partial charge < -0.3 is 13.3 Å². The topological polar surface area (TPSA) is 27.7 Å². The van der Waals surface area contributed by atoms with Crippen molar-refractivity contribution in [3.05, 3.63) is 0 Å². The molecule has 0 bridgehead atoms. The minimum atomic E-state index is -2.35. The molecule has 0 rings (SSSR count). The maximum atomic E-state index is 5.95. The van der Waals surface area contributed by atoms with Gasteiger partial charge in [-0.1, -0.05) is 52.4 Å². The van der Waals surface area contributed by atoms with Crippen LogP contribution in [0.25, 0.3) is 0 Å². The lowest BCUT2D eigenvalue weighted by molar-refractivity contribution is 0.0955. The molecule has 0 atom stereocenters. The second-order valence-electron chi connectivity index (χ2n) is 4.81. The van der Waals surface area contributed by atoms with Gasteiger partial charge in [0.1, 0.15) is 0 Å². The second kappa shape index (κ2) is 12.1. The van der Waals surface area contributed by atoms with Crippen LogP contribution in [0, 0.1) is 0 Å². The van der Waals surface area contributed by atoms with Crippen molar-refractivity contribution < 1.29 is 13.3 Å². The van der Waals surface area contributed by atoms with E-state index in [9.17, 15) is 0 Å². The van der Waals surface area contributed by atoms with E-state index in [1.54, 1.807) is 14.2 Å². The summed E-state index contributed by atoms with van der Waals surface area (Å²) in [5.74, 6) is 0. The first kappa shape index (κ1) is 18.1. The zero-order valence-electron chi connectivity index (χ0n) is 12.8. The molecule has 0 aliphatic carbocycles. The molecule has 0 saturated heterocycles. The van der Waals surface area contributed by atoms with Gasteiger partial charge in [0.2, 0.25) is 0 Å². The Morgan fingerprint density at radius 3 is 1.78 bits per heavy atom. The lowest BCUT2D eigenvalue weighted by atomic mass is 10.2. The van der Waals surface area contributed by atoms with E-state index in [1.807, 2.05) is 0 Å². The highest BCUT2D eigenvalue weighted by molar-refractivity contribution is 6.60. The molecule has 18 heavy (non-hydrogen) atoms. The van der Waals surface area contributed by atoms with Crippen molar-refractivity contribution in [2.75, 3.05) is 20.8 Å². The highest BCUT2D eigenvalue weighted by atomic mass is 28.4. The van der Waals surface area contributed by atoms with Crippen LogP contribution < -0.4 is 0 Å². The predicted octanol–water partition coefficient (Wildman–Crippen LogP) is 4.40. The third-order valence-electron chi connectivity index (χ3n) is 3.28. The molecule has 0 aliphatic rings. The lowest BCUT2D eigenvalue weighted by Gasteiger charge is -2.26. The van der Waals surface area contributed by atoms with Crippen molar-refractivity contribution in [2.24, 2.45) is 0 Å². The van der Waals surface area contributed by atoms with Crippen LogP contribution >= 0.6 is 0 Å². The van der Waals surface area contributed by atoms with Crippen LogP contribution in [-0.4, -0.2) is 29.6 Å². The zero-order chi connectivity index (χ0) is 13.7. The molecule has 0 spiro atoms. The van der Waals surface area contributed by atoms with E-state index in [0.29, 0.717) is 0 Å². The maximum absolute atomic E-state index is 5.95. The van der Waals surface area contributed by atoms with Gasteiger partial charge in [0, 0.05) is 26.9 Å². The van der Waals surface area contributed by atoms with Gasteiger partial charge in [0.15, 0.2) is 0 Å². The minimum Gasteiger partial charge on any atom is -0.377 e. The van der Waals surface area contributed by atoms with Crippen LogP contribution in [0.2, 0.25) is 6.04 Å². The molecule has 0 aromatic rings. The third kappa shape index (κ3) is 8.24. The van der Waals surface area contributed by atoms with Crippen LogP contribution in [0.5, 0.6) is 0 Å². The van der Waals surface area contributed by atoms with Crippen LogP contribution in [0.1, 0.15) is 65.2 Å². The molecule has 0 amide bonds.